The fourth-order valence-corrected chi connectivity index (χ4v) is 4.99. The van der Waals surface area contributed by atoms with E-state index >= 15 is 0 Å². The Hall–Kier alpha value is -2.93. The Morgan fingerprint density at radius 1 is 1.25 bits per heavy atom. The number of anilines is 1. The lowest BCUT2D eigenvalue weighted by molar-refractivity contribution is 0.155. The fraction of sp³-hybridized carbons (Fsp3) is 0.440. The van der Waals surface area contributed by atoms with Crippen LogP contribution in [0.3, 0.4) is 0 Å². The molecule has 168 valence electrons. The van der Waals surface area contributed by atoms with Crippen LogP contribution >= 0.6 is 0 Å². The number of aromatic amines is 1. The van der Waals surface area contributed by atoms with E-state index in [0.29, 0.717) is 18.4 Å². The van der Waals surface area contributed by atoms with Crippen molar-refractivity contribution < 1.29 is 4.39 Å². The van der Waals surface area contributed by atoms with Crippen LogP contribution in [-0.4, -0.2) is 63.6 Å². The molecule has 2 aliphatic heterocycles. The maximum absolute atomic E-state index is 12.3. The number of hydrogen-bond donors (Lipinski definition) is 2. The van der Waals surface area contributed by atoms with Gasteiger partial charge in [-0.1, -0.05) is 31.7 Å². The third kappa shape index (κ3) is 3.86. The predicted octanol–water partition coefficient (Wildman–Crippen LogP) is 4.28. The van der Waals surface area contributed by atoms with Gasteiger partial charge in [0.1, 0.15) is 0 Å². The molecule has 2 N–H and O–H groups in total. The smallest absolute Gasteiger partial charge is 0.222 e. The first-order valence-corrected chi connectivity index (χ1v) is 11.6. The van der Waals surface area contributed by atoms with Crippen molar-refractivity contribution in [1.82, 2.24) is 24.8 Å². The molecule has 0 spiro atoms. The van der Waals surface area contributed by atoms with Crippen molar-refractivity contribution in [1.29, 1.82) is 0 Å². The Morgan fingerprint density at radius 2 is 2.03 bits per heavy atom. The standard InChI is InChI=1S/C25H31FN6/c1-3-17(2)32-12-9-21-20-7-4-5-8-22(20)30-23(21)24(32)18-13-27-25(28-14-18)29-19-15-31(16-19)11-6-10-26/h4-5,7-8,13-14,19,24,30H,2-3,6,9-12,15-16H2,1H3,(H,27,28,29). The van der Waals surface area contributed by atoms with E-state index in [9.17, 15) is 4.39 Å². The summed E-state index contributed by atoms with van der Waals surface area (Å²) in [6, 6.07) is 8.88. The van der Waals surface area contributed by atoms with Crippen molar-refractivity contribution in [2.45, 2.75) is 38.3 Å². The Balaban J connectivity index is 1.38. The van der Waals surface area contributed by atoms with E-state index in [1.165, 1.54) is 22.2 Å². The average molecular weight is 435 g/mol. The number of para-hydroxylation sites is 1. The summed E-state index contributed by atoms with van der Waals surface area (Å²) in [6.45, 7) is 9.81. The van der Waals surface area contributed by atoms with Crippen LogP contribution in [0.15, 0.2) is 48.9 Å². The third-order valence-corrected chi connectivity index (χ3v) is 6.73. The summed E-state index contributed by atoms with van der Waals surface area (Å²) < 4.78 is 12.3. The van der Waals surface area contributed by atoms with Gasteiger partial charge in [0.2, 0.25) is 5.95 Å². The maximum atomic E-state index is 12.3. The summed E-state index contributed by atoms with van der Waals surface area (Å²) in [5, 5.41) is 4.71. The van der Waals surface area contributed by atoms with E-state index < -0.39 is 0 Å². The van der Waals surface area contributed by atoms with Crippen molar-refractivity contribution in [3.05, 3.63) is 65.8 Å². The Labute approximate surface area is 188 Å². The summed E-state index contributed by atoms with van der Waals surface area (Å²) in [7, 11) is 0. The highest BCUT2D eigenvalue weighted by molar-refractivity contribution is 5.85. The highest BCUT2D eigenvalue weighted by Gasteiger charge is 2.33. The van der Waals surface area contributed by atoms with Gasteiger partial charge in [-0.2, -0.15) is 0 Å². The second kappa shape index (κ2) is 8.90. The number of hydrogen-bond acceptors (Lipinski definition) is 5. The lowest BCUT2D eigenvalue weighted by Gasteiger charge is -2.39. The molecule has 5 rings (SSSR count). The first kappa shape index (κ1) is 20.9. The number of benzene rings is 1. The van der Waals surface area contributed by atoms with Gasteiger partial charge < -0.3 is 15.2 Å². The predicted molar refractivity (Wildman–Crippen MR) is 126 cm³/mol. The number of fused-ring (bicyclic) bond motifs is 3. The fourth-order valence-electron chi connectivity index (χ4n) is 4.99. The minimum absolute atomic E-state index is 0.0348. The van der Waals surface area contributed by atoms with E-state index in [4.69, 9.17) is 0 Å². The molecule has 0 radical (unpaired) electrons. The largest absolute Gasteiger partial charge is 0.362 e. The summed E-state index contributed by atoms with van der Waals surface area (Å²) >= 11 is 0. The number of likely N-dealkylation sites (tertiary alicyclic amines) is 1. The summed E-state index contributed by atoms with van der Waals surface area (Å²) in [5.74, 6) is 0.650. The Kier molecular flexibility index (Phi) is 5.83. The molecule has 4 heterocycles. The van der Waals surface area contributed by atoms with E-state index in [0.717, 1.165) is 50.3 Å². The number of halogens is 1. The number of nitrogens with zero attached hydrogens (tertiary/aromatic N) is 4. The summed E-state index contributed by atoms with van der Waals surface area (Å²) in [6.07, 6.45) is 6.39. The molecule has 1 fully saturated rings. The molecule has 7 heteroatoms. The Morgan fingerprint density at radius 3 is 2.78 bits per heavy atom. The van der Waals surface area contributed by atoms with Gasteiger partial charge in [-0.05, 0) is 30.9 Å². The minimum Gasteiger partial charge on any atom is -0.362 e. The summed E-state index contributed by atoms with van der Waals surface area (Å²) in [4.78, 5) is 17.6. The number of aromatic nitrogens is 3. The number of allylic oxidation sites excluding steroid dienone is 1. The van der Waals surface area contributed by atoms with Crippen LogP contribution in [0.4, 0.5) is 10.3 Å². The second-order valence-corrected chi connectivity index (χ2v) is 8.81. The van der Waals surface area contributed by atoms with Crippen LogP contribution in [-0.2, 0) is 6.42 Å². The van der Waals surface area contributed by atoms with Gasteiger partial charge in [-0.15, -0.1) is 0 Å². The molecular formula is C25H31FN6. The number of H-pyrrole nitrogens is 1. The van der Waals surface area contributed by atoms with Crippen molar-refractivity contribution in [2.75, 3.05) is 38.2 Å². The molecule has 1 atom stereocenters. The molecule has 2 aliphatic rings. The zero-order valence-electron chi connectivity index (χ0n) is 18.6. The van der Waals surface area contributed by atoms with E-state index in [2.05, 4.69) is 67.8 Å². The monoisotopic (exact) mass is 434 g/mol. The van der Waals surface area contributed by atoms with Crippen molar-refractivity contribution in [2.24, 2.45) is 0 Å². The van der Waals surface area contributed by atoms with Crippen LogP contribution in [0.5, 0.6) is 0 Å². The van der Waals surface area contributed by atoms with Crippen LogP contribution in [0.25, 0.3) is 10.9 Å². The van der Waals surface area contributed by atoms with Gasteiger partial charge in [0.15, 0.2) is 0 Å². The van der Waals surface area contributed by atoms with Crippen LogP contribution in [0, 0.1) is 0 Å². The molecule has 32 heavy (non-hydrogen) atoms. The topological polar surface area (TPSA) is 60.1 Å². The van der Waals surface area contributed by atoms with E-state index in [1.54, 1.807) is 0 Å². The highest BCUT2D eigenvalue weighted by Crippen LogP contribution is 2.40. The molecule has 0 bridgehead atoms. The van der Waals surface area contributed by atoms with E-state index in [-0.39, 0.29) is 12.7 Å². The van der Waals surface area contributed by atoms with Gasteiger partial charge in [0.05, 0.1) is 18.8 Å². The Bertz CT molecular complexity index is 1090. The van der Waals surface area contributed by atoms with Crippen LogP contribution < -0.4 is 5.32 Å². The molecule has 0 saturated carbocycles. The molecule has 1 aromatic carbocycles. The molecule has 6 nitrogen and oxygen atoms in total. The van der Waals surface area contributed by atoms with Crippen LogP contribution in [0.2, 0.25) is 0 Å². The minimum atomic E-state index is -0.250. The number of alkyl halides is 1. The zero-order chi connectivity index (χ0) is 22.1. The number of nitrogens with one attached hydrogen (secondary N) is 2. The quantitative estimate of drug-likeness (QED) is 0.554. The zero-order valence-corrected chi connectivity index (χ0v) is 18.6. The van der Waals surface area contributed by atoms with Crippen molar-refractivity contribution >= 4 is 16.9 Å². The normalized spacial score (nSPS) is 19.1. The molecule has 1 unspecified atom stereocenters. The lowest BCUT2D eigenvalue weighted by atomic mass is 9.93. The van der Waals surface area contributed by atoms with Crippen molar-refractivity contribution in [3.63, 3.8) is 0 Å². The maximum Gasteiger partial charge on any atom is 0.222 e. The second-order valence-electron chi connectivity index (χ2n) is 8.81. The first-order chi connectivity index (χ1) is 15.7. The molecule has 1 saturated heterocycles. The first-order valence-electron chi connectivity index (χ1n) is 11.6. The van der Waals surface area contributed by atoms with Crippen molar-refractivity contribution in [3.8, 4) is 0 Å². The van der Waals surface area contributed by atoms with E-state index in [1.807, 2.05) is 12.4 Å². The number of rotatable bonds is 8. The summed E-state index contributed by atoms with van der Waals surface area (Å²) in [5.41, 5.74) is 5.97. The SMILES string of the molecule is C=C(CC)N1CCc2c([nH]c3ccccc23)C1c1cnc(NC2CN(CCCF)C2)nc1. The third-order valence-electron chi connectivity index (χ3n) is 6.73. The molecule has 2 aromatic heterocycles. The molecule has 0 amide bonds. The van der Waals surface area contributed by atoms with Gasteiger partial charge in [0.25, 0.3) is 0 Å². The highest BCUT2D eigenvalue weighted by atomic mass is 19.1. The molecule has 0 aliphatic carbocycles. The van der Waals surface area contributed by atoms with Crippen LogP contribution in [0.1, 0.15) is 42.6 Å². The lowest BCUT2D eigenvalue weighted by Crippen LogP contribution is -2.55. The van der Waals surface area contributed by atoms with Gasteiger partial charge in [0, 0.05) is 66.4 Å². The van der Waals surface area contributed by atoms with Gasteiger partial charge in [-0.25, -0.2) is 9.97 Å². The molecule has 3 aromatic rings. The average Bonchev–Trinajstić information content (AvgIpc) is 3.18. The van der Waals surface area contributed by atoms with Gasteiger partial charge in [-0.3, -0.25) is 9.29 Å². The molecular weight excluding hydrogens is 403 g/mol. The van der Waals surface area contributed by atoms with Gasteiger partial charge >= 0.3 is 0 Å².